The van der Waals surface area contributed by atoms with Crippen molar-refractivity contribution in [3.8, 4) is 0 Å². The second-order valence-electron chi connectivity index (χ2n) is 7.26. The van der Waals surface area contributed by atoms with E-state index >= 15 is 0 Å². The Kier molecular flexibility index (Phi) is 6.30. The highest BCUT2D eigenvalue weighted by molar-refractivity contribution is 6.01. The van der Waals surface area contributed by atoms with E-state index in [0.717, 1.165) is 5.57 Å². The highest BCUT2D eigenvalue weighted by Gasteiger charge is 2.40. The maximum absolute atomic E-state index is 12.4. The van der Waals surface area contributed by atoms with Crippen molar-refractivity contribution in [1.29, 1.82) is 0 Å². The summed E-state index contributed by atoms with van der Waals surface area (Å²) in [5.74, 6) is -4.08. The molecule has 0 spiro atoms. The zero-order valence-corrected chi connectivity index (χ0v) is 15.9. The topological polar surface area (TPSA) is 140 Å². The summed E-state index contributed by atoms with van der Waals surface area (Å²) in [5, 5.41) is 28.5. The highest BCUT2D eigenvalue weighted by Crippen LogP contribution is 2.40. The van der Waals surface area contributed by atoms with Crippen LogP contribution in [0.1, 0.15) is 33.6 Å². The van der Waals surface area contributed by atoms with Crippen molar-refractivity contribution in [1.82, 2.24) is 0 Å². The van der Waals surface area contributed by atoms with Gasteiger partial charge in [-0.1, -0.05) is 26.5 Å². The molecule has 2 aliphatic rings. The van der Waals surface area contributed by atoms with Crippen LogP contribution in [-0.2, 0) is 28.6 Å². The van der Waals surface area contributed by atoms with Crippen LogP contribution in [0.4, 0.5) is 0 Å². The number of esters is 2. The van der Waals surface area contributed by atoms with Gasteiger partial charge in [0.2, 0.25) is 5.76 Å². The number of allylic oxidation sites excluding steroid dienone is 2. The van der Waals surface area contributed by atoms with Crippen LogP contribution in [-0.4, -0.2) is 58.1 Å². The van der Waals surface area contributed by atoms with E-state index in [4.69, 9.17) is 9.47 Å². The number of aliphatic hydroxyl groups excluding tert-OH is 3. The van der Waals surface area contributed by atoms with E-state index in [0.29, 0.717) is 5.57 Å². The quantitative estimate of drug-likeness (QED) is 0.430. The SMILES string of the molecule is C=CC1=C(C)C(=O)C(OC(=O)C(O)OCC[C@H]2OC(=O)C(O)=C2O)CC1(C)C. The summed E-state index contributed by atoms with van der Waals surface area (Å²) in [6.45, 7) is 8.85. The van der Waals surface area contributed by atoms with Crippen LogP contribution >= 0.6 is 0 Å². The molecule has 0 bridgehead atoms. The first-order valence-corrected chi connectivity index (χ1v) is 8.70. The Morgan fingerprint density at radius 2 is 2.04 bits per heavy atom. The molecule has 0 saturated heterocycles. The van der Waals surface area contributed by atoms with Gasteiger partial charge in [-0.05, 0) is 23.5 Å². The fourth-order valence-corrected chi connectivity index (χ4v) is 3.32. The number of Topliss-reactive ketones (excluding diaryl/α,β-unsaturated/α-hetero) is 1. The molecule has 3 N–H and O–H groups in total. The third-order valence-corrected chi connectivity index (χ3v) is 4.80. The Bertz CT molecular complexity index is 759. The summed E-state index contributed by atoms with van der Waals surface area (Å²) >= 11 is 0. The van der Waals surface area contributed by atoms with Crippen LogP contribution in [0.15, 0.2) is 35.3 Å². The van der Waals surface area contributed by atoms with Crippen LogP contribution in [0.25, 0.3) is 0 Å². The predicted octanol–water partition coefficient (Wildman–Crippen LogP) is 1.38. The zero-order chi connectivity index (χ0) is 21.2. The molecule has 3 atom stereocenters. The van der Waals surface area contributed by atoms with E-state index in [1.54, 1.807) is 13.0 Å². The molecule has 2 unspecified atom stereocenters. The van der Waals surface area contributed by atoms with Gasteiger partial charge in [-0.3, -0.25) is 4.79 Å². The molecule has 0 aromatic heterocycles. The molecule has 28 heavy (non-hydrogen) atoms. The molecule has 9 nitrogen and oxygen atoms in total. The monoisotopic (exact) mass is 396 g/mol. The second-order valence-corrected chi connectivity index (χ2v) is 7.26. The number of hydrogen-bond acceptors (Lipinski definition) is 9. The van der Waals surface area contributed by atoms with Crippen molar-refractivity contribution in [3.63, 3.8) is 0 Å². The lowest BCUT2D eigenvalue weighted by molar-refractivity contribution is -0.191. The average Bonchev–Trinajstić information content (AvgIpc) is 2.86. The van der Waals surface area contributed by atoms with E-state index in [9.17, 15) is 29.7 Å². The van der Waals surface area contributed by atoms with Gasteiger partial charge < -0.3 is 29.5 Å². The van der Waals surface area contributed by atoms with E-state index in [1.807, 2.05) is 13.8 Å². The Hall–Kier alpha value is -2.65. The summed E-state index contributed by atoms with van der Waals surface area (Å²) in [5.41, 5.74) is 0.794. The lowest BCUT2D eigenvalue weighted by Crippen LogP contribution is -2.41. The van der Waals surface area contributed by atoms with Gasteiger partial charge in [-0.15, -0.1) is 0 Å². The fraction of sp³-hybridized carbons (Fsp3) is 0.526. The standard InChI is InChI=1S/C19H24O9/c1-5-10-9(2)13(20)12(8-19(10,3)4)28-18(25)17(24)26-7-6-11-14(21)15(22)16(23)27-11/h5,11-12,17,21-22,24H,1,6-8H2,2-4H3/t11-,12?,17?/m1/s1. The van der Waals surface area contributed by atoms with E-state index in [2.05, 4.69) is 11.3 Å². The molecular weight excluding hydrogens is 372 g/mol. The summed E-state index contributed by atoms with van der Waals surface area (Å²) in [4.78, 5) is 35.5. The molecule has 2 rings (SSSR count). The first-order chi connectivity index (χ1) is 13.0. The molecule has 9 heteroatoms. The van der Waals surface area contributed by atoms with Gasteiger partial charge in [-0.2, -0.15) is 0 Å². The second kappa shape index (κ2) is 8.15. The molecule has 0 amide bonds. The van der Waals surface area contributed by atoms with Crippen molar-refractivity contribution in [3.05, 3.63) is 35.3 Å². The number of aliphatic hydroxyl groups is 3. The van der Waals surface area contributed by atoms with Gasteiger partial charge in [0.05, 0.1) is 6.61 Å². The van der Waals surface area contributed by atoms with Crippen molar-refractivity contribution in [2.24, 2.45) is 5.41 Å². The lowest BCUT2D eigenvalue weighted by Gasteiger charge is -2.36. The van der Waals surface area contributed by atoms with Crippen LogP contribution in [0.3, 0.4) is 0 Å². The van der Waals surface area contributed by atoms with Gasteiger partial charge >= 0.3 is 11.9 Å². The normalized spacial score (nSPS) is 25.6. The van der Waals surface area contributed by atoms with Gasteiger partial charge in [0.15, 0.2) is 23.8 Å². The van der Waals surface area contributed by atoms with Crippen molar-refractivity contribution < 1.29 is 43.9 Å². The largest absolute Gasteiger partial charge is 0.505 e. The molecule has 1 heterocycles. The number of hydrogen-bond donors (Lipinski definition) is 3. The van der Waals surface area contributed by atoms with Gasteiger partial charge in [0.25, 0.3) is 6.29 Å². The molecule has 154 valence electrons. The van der Waals surface area contributed by atoms with Crippen LogP contribution in [0.2, 0.25) is 0 Å². The lowest BCUT2D eigenvalue weighted by atomic mass is 9.71. The minimum Gasteiger partial charge on any atom is -0.505 e. The zero-order valence-electron chi connectivity index (χ0n) is 15.9. The predicted molar refractivity (Wildman–Crippen MR) is 94.9 cm³/mol. The first kappa shape index (κ1) is 21.6. The van der Waals surface area contributed by atoms with Crippen molar-refractivity contribution in [2.45, 2.75) is 52.1 Å². The minimum absolute atomic E-state index is 0.105. The number of ketones is 1. The first-order valence-electron chi connectivity index (χ1n) is 8.70. The van der Waals surface area contributed by atoms with Crippen LogP contribution in [0, 0.1) is 5.41 Å². The Morgan fingerprint density at radius 1 is 1.39 bits per heavy atom. The smallest absolute Gasteiger partial charge is 0.377 e. The Labute approximate surface area is 161 Å². The summed E-state index contributed by atoms with van der Waals surface area (Å²) in [6, 6.07) is 0. The molecule has 0 aromatic carbocycles. The molecule has 0 aromatic rings. The number of carbonyl (C=O) groups is 3. The molecule has 0 radical (unpaired) electrons. The Morgan fingerprint density at radius 3 is 2.57 bits per heavy atom. The maximum Gasteiger partial charge on any atom is 0.377 e. The van der Waals surface area contributed by atoms with Gasteiger partial charge in [0, 0.05) is 12.8 Å². The fourth-order valence-electron chi connectivity index (χ4n) is 3.32. The molecule has 1 aliphatic heterocycles. The van der Waals surface area contributed by atoms with Crippen molar-refractivity contribution in [2.75, 3.05) is 6.61 Å². The molecule has 1 aliphatic carbocycles. The van der Waals surface area contributed by atoms with Crippen LogP contribution in [0.5, 0.6) is 0 Å². The maximum atomic E-state index is 12.4. The molecular formula is C19H24O9. The number of cyclic esters (lactones) is 1. The molecule has 0 fully saturated rings. The highest BCUT2D eigenvalue weighted by atomic mass is 16.7. The third-order valence-electron chi connectivity index (χ3n) is 4.80. The van der Waals surface area contributed by atoms with Gasteiger partial charge in [-0.25, -0.2) is 9.59 Å². The minimum atomic E-state index is -1.96. The van der Waals surface area contributed by atoms with E-state index < -0.39 is 47.4 Å². The summed E-state index contributed by atoms with van der Waals surface area (Å²) in [6.07, 6.45) is -2.39. The van der Waals surface area contributed by atoms with Crippen molar-refractivity contribution >= 4 is 17.7 Å². The van der Waals surface area contributed by atoms with E-state index in [1.165, 1.54) is 0 Å². The summed E-state index contributed by atoms with van der Waals surface area (Å²) < 4.78 is 14.7. The van der Waals surface area contributed by atoms with Gasteiger partial charge in [0.1, 0.15) is 0 Å². The number of ether oxygens (including phenoxy) is 3. The Balaban J connectivity index is 1.89. The van der Waals surface area contributed by atoms with Crippen LogP contribution < -0.4 is 0 Å². The number of carbonyl (C=O) groups excluding carboxylic acids is 3. The number of rotatable bonds is 7. The summed E-state index contributed by atoms with van der Waals surface area (Å²) in [7, 11) is 0. The average molecular weight is 396 g/mol. The third kappa shape index (κ3) is 4.26. The van der Waals surface area contributed by atoms with E-state index in [-0.39, 0.29) is 25.2 Å². The molecule has 0 saturated carbocycles.